The lowest BCUT2D eigenvalue weighted by Gasteiger charge is -1.98. The Kier molecular flexibility index (Phi) is 8.33. The molecule has 2 aromatic rings. The third-order valence-corrected chi connectivity index (χ3v) is 3.72. The highest BCUT2D eigenvalue weighted by molar-refractivity contribution is 6.17. The van der Waals surface area contributed by atoms with Crippen molar-refractivity contribution in [1.82, 2.24) is 0 Å². The van der Waals surface area contributed by atoms with Gasteiger partial charge in [0.15, 0.2) is 23.1 Å². The summed E-state index contributed by atoms with van der Waals surface area (Å²) in [6.07, 6.45) is 2.19. The lowest BCUT2D eigenvalue weighted by atomic mass is 10.1. The highest BCUT2D eigenvalue weighted by atomic mass is 16.2. The number of rotatable bonds is 11. The van der Waals surface area contributed by atoms with Crippen molar-refractivity contribution in [2.45, 2.75) is 12.8 Å². The number of hydrogen-bond donors (Lipinski definition) is 0. The molecule has 2 aromatic carbocycles. The Labute approximate surface area is 163 Å². The van der Waals surface area contributed by atoms with Crippen molar-refractivity contribution < 1.29 is 19.2 Å². The predicted octanol–water partition coefficient (Wildman–Crippen LogP) is 2.81. The lowest BCUT2D eigenvalue weighted by Crippen LogP contribution is -2.11. The third-order valence-electron chi connectivity index (χ3n) is 3.72. The molecule has 0 amide bonds. The normalized spacial score (nSPS) is 11.0. The van der Waals surface area contributed by atoms with E-state index in [4.69, 9.17) is 0 Å². The Bertz CT molecular complexity index is 812. The zero-order valence-corrected chi connectivity index (χ0v) is 15.3. The maximum absolute atomic E-state index is 11.9. The Morgan fingerprint density at radius 2 is 0.964 bits per heavy atom. The van der Waals surface area contributed by atoms with Crippen LogP contribution >= 0.6 is 0 Å². The molecule has 0 radical (unpaired) electrons. The molecule has 142 valence electrons. The number of hydrogen-bond acceptors (Lipinski definition) is 6. The minimum Gasteiger partial charge on any atom is -0.297 e. The second kappa shape index (κ2) is 11.2. The predicted molar refractivity (Wildman–Crippen MR) is 108 cm³/mol. The summed E-state index contributed by atoms with van der Waals surface area (Å²) in [6.45, 7) is -0.268. The molecule has 0 fully saturated rings. The fourth-order valence-corrected chi connectivity index (χ4v) is 2.33. The zero-order chi connectivity index (χ0) is 20.2. The van der Waals surface area contributed by atoms with Crippen molar-refractivity contribution in [2.24, 2.45) is 9.98 Å². The van der Waals surface area contributed by atoms with Gasteiger partial charge < -0.3 is 0 Å². The van der Waals surface area contributed by atoms with E-state index < -0.39 is 0 Å². The molecule has 6 heteroatoms. The van der Waals surface area contributed by atoms with Gasteiger partial charge in [-0.25, -0.2) is 0 Å². The van der Waals surface area contributed by atoms with Crippen molar-refractivity contribution in [3.8, 4) is 0 Å². The molecule has 2 rings (SSSR count). The highest BCUT2D eigenvalue weighted by Crippen LogP contribution is 2.04. The van der Waals surface area contributed by atoms with Gasteiger partial charge in [-0.1, -0.05) is 60.7 Å². The first-order valence-corrected chi connectivity index (χ1v) is 8.74. The minimum absolute atomic E-state index is 0.134. The average Bonchev–Trinajstić information content (AvgIpc) is 2.71. The summed E-state index contributed by atoms with van der Waals surface area (Å²) in [5.74, 6) is -1.10. The van der Waals surface area contributed by atoms with E-state index >= 15 is 0 Å². The zero-order valence-electron chi connectivity index (χ0n) is 15.3. The smallest absolute Gasteiger partial charge is 0.170 e. The summed E-state index contributed by atoms with van der Waals surface area (Å²) < 4.78 is 0. The van der Waals surface area contributed by atoms with Crippen LogP contribution in [0.5, 0.6) is 0 Å². The maximum atomic E-state index is 11.9. The quantitative estimate of drug-likeness (QED) is 0.342. The molecule has 6 nitrogen and oxygen atoms in total. The third kappa shape index (κ3) is 7.37. The van der Waals surface area contributed by atoms with Crippen molar-refractivity contribution in [1.29, 1.82) is 0 Å². The topological polar surface area (TPSA) is 93.0 Å². The van der Waals surface area contributed by atoms with Crippen molar-refractivity contribution in [3.63, 3.8) is 0 Å². The van der Waals surface area contributed by atoms with Gasteiger partial charge in [0.1, 0.15) is 0 Å². The van der Waals surface area contributed by atoms with Crippen LogP contribution in [0.1, 0.15) is 33.6 Å². The average molecular weight is 376 g/mol. The Hall–Kier alpha value is -3.54. The van der Waals surface area contributed by atoms with Gasteiger partial charge in [-0.2, -0.15) is 0 Å². The van der Waals surface area contributed by atoms with Crippen LogP contribution in [0.2, 0.25) is 0 Å². The van der Waals surface area contributed by atoms with Crippen LogP contribution in [0.15, 0.2) is 70.6 Å². The number of carbonyl (C=O) groups excluding carboxylic acids is 4. The second-order valence-electron chi connectivity index (χ2n) is 5.99. The molecular weight excluding hydrogens is 356 g/mol. The summed E-state index contributed by atoms with van der Waals surface area (Å²) >= 11 is 0. The molecule has 0 aliphatic heterocycles. The fourth-order valence-electron chi connectivity index (χ4n) is 2.33. The summed E-state index contributed by atoms with van der Waals surface area (Å²) in [6, 6.07) is 17.2. The van der Waals surface area contributed by atoms with E-state index in [0.29, 0.717) is 11.1 Å². The Morgan fingerprint density at radius 1 is 0.607 bits per heavy atom. The molecule has 0 unspecified atom stereocenters. The lowest BCUT2D eigenvalue weighted by molar-refractivity contribution is -0.117. The van der Waals surface area contributed by atoms with Crippen LogP contribution in [0.25, 0.3) is 0 Å². The van der Waals surface area contributed by atoms with E-state index in [1.807, 2.05) is 0 Å². The molecule has 0 saturated heterocycles. The standard InChI is InChI=1S/C22H20N2O4/c25-19(13-21(27)17-7-3-1-4-8-17)15-23-11-12-24-16-20(26)14-22(28)18-9-5-2-6-10-18/h1-12H,13-16H2. The van der Waals surface area contributed by atoms with Crippen molar-refractivity contribution in [3.05, 3.63) is 71.8 Å². The van der Waals surface area contributed by atoms with Crippen LogP contribution in [0, 0.1) is 0 Å². The molecule has 0 spiro atoms. The fraction of sp³-hybridized carbons (Fsp3) is 0.182. The van der Waals surface area contributed by atoms with E-state index in [-0.39, 0.29) is 49.1 Å². The monoisotopic (exact) mass is 376 g/mol. The van der Waals surface area contributed by atoms with Gasteiger partial charge in [0.2, 0.25) is 0 Å². The van der Waals surface area contributed by atoms with Crippen molar-refractivity contribution >= 4 is 35.6 Å². The van der Waals surface area contributed by atoms with E-state index in [9.17, 15) is 19.2 Å². The minimum atomic E-state index is -0.303. The van der Waals surface area contributed by atoms with Gasteiger partial charge >= 0.3 is 0 Å². The first-order valence-electron chi connectivity index (χ1n) is 8.74. The second-order valence-corrected chi connectivity index (χ2v) is 5.99. The van der Waals surface area contributed by atoms with E-state index in [1.54, 1.807) is 60.7 Å². The van der Waals surface area contributed by atoms with Gasteiger partial charge in [-0.15, -0.1) is 0 Å². The molecule has 0 N–H and O–H groups in total. The summed E-state index contributed by atoms with van der Waals surface area (Å²) in [5, 5.41) is 0. The highest BCUT2D eigenvalue weighted by Gasteiger charge is 2.11. The Morgan fingerprint density at radius 3 is 1.32 bits per heavy atom. The number of ketones is 4. The molecule has 0 aliphatic carbocycles. The van der Waals surface area contributed by atoms with Crippen LogP contribution in [-0.4, -0.2) is 48.7 Å². The van der Waals surface area contributed by atoms with E-state index in [0.717, 1.165) is 0 Å². The molecule has 0 heterocycles. The van der Waals surface area contributed by atoms with E-state index in [1.165, 1.54) is 12.4 Å². The van der Waals surface area contributed by atoms with Crippen LogP contribution in [-0.2, 0) is 9.59 Å². The first kappa shape index (κ1) is 20.8. The number of Topliss-reactive ketones (excluding diaryl/α,β-unsaturated/α-hetero) is 4. The molecule has 0 saturated carbocycles. The first-order chi connectivity index (χ1) is 13.6. The number of nitrogens with zero attached hydrogens (tertiary/aromatic N) is 2. The van der Waals surface area contributed by atoms with Gasteiger partial charge in [0.05, 0.1) is 25.9 Å². The number of benzene rings is 2. The van der Waals surface area contributed by atoms with E-state index in [2.05, 4.69) is 9.98 Å². The molecule has 0 aromatic heterocycles. The largest absolute Gasteiger partial charge is 0.297 e. The maximum Gasteiger partial charge on any atom is 0.170 e. The molecule has 0 atom stereocenters. The van der Waals surface area contributed by atoms with Gasteiger partial charge in [0.25, 0.3) is 0 Å². The van der Waals surface area contributed by atoms with Crippen LogP contribution in [0.4, 0.5) is 0 Å². The molecule has 0 aliphatic rings. The van der Waals surface area contributed by atoms with Crippen LogP contribution < -0.4 is 0 Å². The van der Waals surface area contributed by atoms with Crippen molar-refractivity contribution in [2.75, 3.05) is 13.1 Å². The van der Waals surface area contributed by atoms with Gasteiger partial charge in [0, 0.05) is 23.6 Å². The number of aliphatic imine (C=N–C) groups is 2. The number of carbonyl (C=O) groups is 4. The molecule has 0 bridgehead atoms. The Balaban J connectivity index is 1.67. The van der Waals surface area contributed by atoms with Gasteiger partial charge in [-0.05, 0) is 0 Å². The molecule has 28 heavy (non-hydrogen) atoms. The van der Waals surface area contributed by atoms with Crippen LogP contribution in [0.3, 0.4) is 0 Å². The summed E-state index contributed by atoms with van der Waals surface area (Å²) in [5.41, 5.74) is 0.981. The summed E-state index contributed by atoms with van der Waals surface area (Å²) in [4.78, 5) is 55.0. The SMILES string of the molecule is O=C(CN=CC=NCC(=O)CC(=O)c1ccccc1)CC(=O)c1ccccc1. The molecular formula is C22H20N2O4. The van der Waals surface area contributed by atoms with Gasteiger partial charge in [-0.3, -0.25) is 29.2 Å². The summed E-state index contributed by atoms with van der Waals surface area (Å²) in [7, 11) is 0.